The van der Waals surface area contributed by atoms with Crippen molar-refractivity contribution < 1.29 is 19.4 Å². The first-order valence-electron chi connectivity index (χ1n) is 13.2. The van der Waals surface area contributed by atoms with Crippen LogP contribution >= 0.6 is 0 Å². The van der Waals surface area contributed by atoms with Crippen molar-refractivity contribution in [2.75, 3.05) is 32.3 Å². The number of carbonyl (C=O) groups excluding carboxylic acids is 1. The number of likely N-dealkylation sites (tertiary alicyclic amines) is 1. The number of anilines is 1. The highest BCUT2D eigenvalue weighted by Crippen LogP contribution is 2.38. The van der Waals surface area contributed by atoms with E-state index in [4.69, 9.17) is 14.9 Å². The Hall–Kier alpha value is -3.36. The Morgan fingerprint density at radius 3 is 2.47 bits per heavy atom. The minimum Gasteiger partial charge on any atom is -0.507 e. The summed E-state index contributed by atoms with van der Waals surface area (Å²) < 4.78 is 10.9. The first-order chi connectivity index (χ1) is 18.1. The third-order valence-electron chi connectivity index (χ3n) is 6.85. The van der Waals surface area contributed by atoms with Crippen LogP contribution in [-0.2, 0) is 16.1 Å². The summed E-state index contributed by atoms with van der Waals surface area (Å²) in [5, 5.41) is 22.5. The van der Waals surface area contributed by atoms with E-state index >= 15 is 0 Å². The highest BCUT2D eigenvalue weighted by molar-refractivity contribution is 6.44. The Labute approximate surface area is 226 Å². The molecule has 0 bridgehead atoms. The van der Waals surface area contributed by atoms with Crippen LogP contribution in [0.2, 0.25) is 0 Å². The van der Waals surface area contributed by atoms with E-state index in [-0.39, 0.29) is 23.5 Å². The van der Waals surface area contributed by atoms with Crippen molar-refractivity contribution in [2.24, 2.45) is 0 Å². The number of amides is 1. The molecule has 2 aromatic carbocycles. The zero-order chi connectivity index (χ0) is 28.0. The van der Waals surface area contributed by atoms with Gasteiger partial charge in [-0.1, -0.05) is 32.6 Å². The summed E-state index contributed by atoms with van der Waals surface area (Å²) in [5.74, 6) is -0.139. The molecule has 8 nitrogen and oxygen atoms in total. The fourth-order valence-corrected chi connectivity index (χ4v) is 4.89. The number of ether oxygens (including phenoxy) is 2. The van der Waals surface area contributed by atoms with Gasteiger partial charge in [0.15, 0.2) is 5.84 Å². The van der Waals surface area contributed by atoms with Crippen LogP contribution in [-0.4, -0.2) is 61.2 Å². The number of nitrogens with zero attached hydrogens (tertiary/aromatic N) is 2. The lowest BCUT2D eigenvalue weighted by molar-refractivity contribution is -0.115. The Morgan fingerprint density at radius 1 is 1.21 bits per heavy atom. The number of rotatable bonds is 10. The van der Waals surface area contributed by atoms with Crippen LogP contribution in [0, 0.1) is 5.41 Å². The van der Waals surface area contributed by atoms with E-state index in [1.807, 2.05) is 58.0 Å². The predicted molar refractivity (Wildman–Crippen MR) is 153 cm³/mol. The number of benzene rings is 2. The van der Waals surface area contributed by atoms with Crippen molar-refractivity contribution in [3.05, 3.63) is 59.7 Å². The van der Waals surface area contributed by atoms with E-state index in [0.717, 1.165) is 43.7 Å². The summed E-state index contributed by atoms with van der Waals surface area (Å²) in [6.45, 7) is 14.5. The molecule has 0 saturated carbocycles. The second kappa shape index (κ2) is 12.9. The smallest absolute Gasteiger partial charge is 0.287 e. The Kier molecular flexibility index (Phi) is 9.94. The lowest BCUT2D eigenvalue weighted by atomic mass is 9.97. The highest BCUT2D eigenvalue weighted by atomic mass is 16.5. The van der Waals surface area contributed by atoms with Gasteiger partial charge in [-0.2, -0.15) is 0 Å². The number of nitrogens with one attached hydrogen (secondary N) is 2. The summed E-state index contributed by atoms with van der Waals surface area (Å²) in [5.41, 5.74) is 3.39. The molecule has 1 aliphatic rings. The van der Waals surface area contributed by atoms with Crippen LogP contribution in [0.25, 0.3) is 5.70 Å². The molecule has 38 heavy (non-hydrogen) atoms. The molecule has 1 atom stereocenters. The molecule has 0 spiro atoms. The molecule has 0 aliphatic carbocycles. The molecule has 1 saturated heterocycles. The van der Waals surface area contributed by atoms with Gasteiger partial charge in [0.1, 0.15) is 11.5 Å². The average Bonchev–Trinajstić information content (AvgIpc) is 3.30. The van der Waals surface area contributed by atoms with Gasteiger partial charge in [0.05, 0.1) is 19.4 Å². The zero-order valence-corrected chi connectivity index (χ0v) is 23.5. The molecular weight excluding hydrogens is 480 g/mol. The molecule has 2 aromatic rings. The first kappa shape index (κ1) is 29.2. The predicted octanol–water partition coefficient (Wildman–Crippen LogP) is 5.11. The fourth-order valence-electron chi connectivity index (χ4n) is 4.89. The van der Waals surface area contributed by atoms with Crippen LogP contribution in [0.4, 0.5) is 5.69 Å². The van der Waals surface area contributed by atoms with Crippen LogP contribution in [0.15, 0.2) is 43.0 Å². The molecule has 206 valence electrons. The molecular formula is C30H42N4O4. The number of amidine groups is 1. The van der Waals surface area contributed by atoms with E-state index in [9.17, 15) is 9.90 Å². The lowest BCUT2D eigenvalue weighted by Crippen LogP contribution is -2.44. The van der Waals surface area contributed by atoms with Gasteiger partial charge >= 0.3 is 0 Å². The maximum absolute atomic E-state index is 12.9. The van der Waals surface area contributed by atoms with Crippen molar-refractivity contribution in [1.29, 1.82) is 5.41 Å². The number of aromatic hydroxyl groups is 1. The van der Waals surface area contributed by atoms with Gasteiger partial charge in [0, 0.05) is 43.1 Å². The molecule has 8 heteroatoms. The zero-order valence-electron chi connectivity index (χ0n) is 23.5. The third-order valence-corrected chi connectivity index (χ3v) is 6.85. The number of carbonyl (C=O) groups is 1. The second-order valence-corrected chi connectivity index (χ2v) is 10.4. The summed E-state index contributed by atoms with van der Waals surface area (Å²) in [6.07, 6.45) is 2.29. The molecule has 3 rings (SSSR count). The van der Waals surface area contributed by atoms with Crippen LogP contribution < -0.4 is 15.0 Å². The Bertz CT molecular complexity index is 1140. The maximum atomic E-state index is 12.9. The van der Waals surface area contributed by atoms with Gasteiger partial charge in [-0.05, 0) is 68.5 Å². The number of hydrogen-bond donors (Lipinski definition) is 3. The van der Waals surface area contributed by atoms with Crippen molar-refractivity contribution in [3.63, 3.8) is 0 Å². The standard InChI is InChI=1S/C30H42N4O4/c1-19(2)25-15-26(27(35)16-28(25)38-7)21(5)34(29(31)30(36)32-20(3)4)23-12-10-22(11-13-23)17-33-14-8-9-24(33)18-37-6/h10-13,15-16,19-20,24,31,35H,5,8-9,14,17-18H2,1-4,6-7H3,(H,32,36). The molecule has 1 heterocycles. The number of methoxy groups -OCH3 is 2. The Balaban J connectivity index is 1.97. The number of phenols is 1. The van der Waals surface area contributed by atoms with Crippen molar-refractivity contribution in [1.82, 2.24) is 10.2 Å². The van der Waals surface area contributed by atoms with Crippen molar-refractivity contribution in [2.45, 2.75) is 65.1 Å². The topological polar surface area (TPSA) is 98.1 Å². The normalized spacial score (nSPS) is 15.6. The van der Waals surface area contributed by atoms with Crippen molar-refractivity contribution >= 4 is 23.1 Å². The van der Waals surface area contributed by atoms with Gasteiger partial charge < -0.3 is 19.9 Å². The van der Waals surface area contributed by atoms with Gasteiger partial charge in [0.2, 0.25) is 0 Å². The average molecular weight is 523 g/mol. The highest BCUT2D eigenvalue weighted by Gasteiger charge is 2.27. The molecule has 3 N–H and O–H groups in total. The largest absolute Gasteiger partial charge is 0.507 e. The third kappa shape index (κ3) is 6.74. The van der Waals surface area contributed by atoms with Crippen LogP contribution in [0.1, 0.15) is 63.1 Å². The molecule has 1 fully saturated rings. The SMILES string of the molecule is C=C(c1cc(C(C)C)c(OC)cc1O)N(C(=N)C(=O)NC(C)C)c1ccc(CN2CCCC2COC)cc1. The number of phenolic OH excluding ortho intramolecular Hbond substituents is 1. The van der Waals surface area contributed by atoms with E-state index in [1.165, 1.54) is 4.90 Å². The van der Waals surface area contributed by atoms with Crippen LogP contribution in [0.5, 0.6) is 11.5 Å². The van der Waals surface area contributed by atoms with Gasteiger partial charge in [-0.25, -0.2) is 0 Å². The van der Waals surface area contributed by atoms with Gasteiger partial charge in [-0.3, -0.25) is 20.0 Å². The molecule has 1 unspecified atom stereocenters. The van der Waals surface area contributed by atoms with Crippen LogP contribution in [0.3, 0.4) is 0 Å². The summed E-state index contributed by atoms with van der Waals surface area (Å²) in [7, 11) is 3.30. The molecule has 1 amide bonds. The van der Waals surface area contributed by atoms with E-state index in [1.54, 1.807) is 20.3 Å². The molecule has 0 radical (unpaired) electrons. The van der Waals surface area contributed by atoms with Gasteiger partial charge in [-0.15, -0.1) is 0 Å². The van der Waals surface area contributed by atoms with E-state index < -0.39 is 5.91 Å². The van der Waals surface area contributed by atoms with Gasteiger partial charge in [0.25, 0.3) is 5.91 Å². The second-order valence-electron chi connectivity index (χ2n) is 10.4. The maximum Gasteiger partial charge on any atom is 0.287 e. The van der Waals surface area contributed by atoms with Crippen molar-refractivity contribution in [3.8, 4) is 11.5 Å². The summed E-state index contributed by atoms with van der Waals surface area (Å²) >= 11 is 0. The van der Waals surface area contributed by atoms with E-state index in [2.05, 4.69) is 16.8 Å². The quantitative estimate of drug-likeness (QED) is 0.296. The fraction of sp³-hybridized carbons (Fsp3) is 0.467. The summed E-state index contributed by atoms with van der Waals surface area (Å²) in [4.78, 5) is 16.8. The minimum atomic E-state index is -0.526. The Morgan fingerprint density at radius 2 is 1.89 bits per heavy atom. The lowest BCUT2D eigenvalue weighted by Gasteiger charge is -2.29. The van der Waals surface area contributed by atoms with E-state index in [0.29, 0.717) is 28.7 Å². The monoisotopic (exact) mass is 522 g/mol. The minimum absolute atomic E-state index is 0.0341. The molecule has 0 aromatic heterocycles. The first-order valence-corrected chi connectivity index (χ1v) is 13.2. The number of hydrogen-bond acceptors (Lipinski definition) is 6. The molecule has 1 aliphatic heterocycles. The summed E-state index contributed by atoms with van der Waals surface area (Å²) in [6, 6.07) is 11.5.